The summed E-state index contributed by atoms with van der Waals surface area (Å²) < 4.78 is 19.1. The normalized spacial score (nSPS) is 20.1. The molecule has 2 heterocycles. The highest BCUT2D eigenvalue weighted by atomic mass is 19.1. The Labute approximate surface area is 151 Å². The van der Waals surface area contributed by atoms with Crippen LogP contribution in [0.1, 0.15) is 30.1 Å². The van der Waals surface area contributed by atoms with Gasteiger partial charge in [-0.1, -0.05) is 0 Å². The molecule has 2 aliphatic heterocycles. The van der Waals surface area contributed by atoms with E-state index in [1.54, 1.807) is 22.8 Å². The van der Waals surface area contributed by atoms with Gasteiger partial charge in [-0.05, 0) is 31.5 Å². The fraction of sp³-hybridized carbons (Fsp3) is 0.500. The molecule has 8 heteroatoms. The molecule has 3 amide bonds. The summed E-state index contributed by atoms with van der Waals surface area (Å²) in [6.45, 7) is 3.66. The first kappa shape index (κ1) is 18.2. The lowest BCUT2D eigenvalue weighted by Gasteiger charge is -2.36. The molecule has 0 aliphatic carbocycles. The molecule has 0 aromatic heterocycles. The Morgan fingerprint density at radius 3 is 2.50 bits per heavy atom. The first-order valence-corrected chi connectivity index (χ1v) is 8.79. The standard InChI is InChI=1S/C18H22FN3O4/c1-2-26-15-5-3-12(11-13(15)19)17(24)21-7-9-22(10-8-21)18(25)14-4-6-16(23)20-14/h3,5,11,14H,2,4,6-10H2,1H3,(H,20,23). The predicted molar refractivity (Wildman–Crippen MR) is 91.2 cm³/mol. The van der Waals surface area contributed by atoms with Crippen LogP contribution in [0, 0.1) is 5.82 Å². The number of amides is 3. The third-order valence-electron chi connectivity index (χ3n) is 4.65. The topological polar surface area (TPSA) is 79.0 Å². The molecular formula is C18H22FN3O4. The van der Waals surface area contributed by atoms with E-state index in [0.29, 0.717) is 45.6 Å². The van der Waals surface area contributed by atoms with E-state index in [-0.39, 0.29) is 29.0 Å². The molecule has 0 saturated carbocycles. The smallest absolute Gasteiger partial charge is 0.254 e. The van der Waals surface area contributed by atoms with Gasteiger partial charge in [-0.2, -0.15) is 0 Å². The van der Waals surface area contributed by atoms with E-state index in [4.69, 9.17) is 4.74 Å². The molecule has 2 saturated heterocycles. The third kappa shape index (κ3) is 3.79. The second-order valence-corrected chi connectivity index (χ2v) is 6.35. The highest BCUT2D eigenvalue weighted by Crippen LogP contribution is 2.20. The average molecular weight is 363 g/mol. The molecule has 1 aromatic carbocycles. The number of nitrogens with zero attached hydrogens (tertiary/aromatic N) is 2. The summed E-state index contributed by atoms with van der Waals surface area (Å²) >= 11 is 0. The number of nitrogens with one attached hydrogen (secondary N) is 1. The fourth-order valence-electron chi connectivity index (χ4n) is 3.24. The van der Waals surface area contributed by atoms with Crippen molar-refractivity contribution in [1.82, 2.24) is 15.1 Å². The van der Waals surface area contributed by atoms with Gasteiger partial charge < -0.3 is 19.9 Å². The average Bonchev–Trinajstić information content (AvgIpc) is 3.09. The van der Waals surface area contributed by atoms with Gasteiger partial charge in [0.1, 0.15) is 6.04 Å². The molecule has 140 valence electrons. The molecule has 7 nitrogen and oxygen atoms in total. The van der Waals surface area contributed by atoms with Crippen LogP contribution in [0.4, 0.5) is 4.39 Å². The Balaban J connectivity index is 1.57. The first-order chi connectivity index (χ1) is 12.5. The largest absolute Gasteiger partial charge is 0.491 e. The number of hydrogen-bond donors (Lipinski definition) is 1. The van der Waals surface area contributed by atoms with Crippen molar-refractivity contribution in [2.75, 3.05) is 32.8 Å². The number of ether oxygens (including phenoxy) is 1. The highest BCUT2D eigenvalue weighted by Gasteiger charge is 2.33. The monoisotopic (exact) mass is 363 g/mol. The Hall–Kier alpha value is -2.64. The van der Waals surface area contributed by atoms with Crippen LogP contribution in [-0.4, -0.2) is 66.3 Å². The molecule has 3 rings (SSSR count). The first-order valence-electron chi connectivity index (χ1n) is 8.79. The van der Waals surface area contributed by atoms with E-state index < -0.39 is 11.9 Å². The minimum Gasteiger partial charge on any atom is -0.491 e. The van der Waals surface area contributed by atoms with E-state index in [1.165, 1.54) is 12.1 Å². The van der Waals surface area contributed by atoms with Crippen molar-refractivity contribution in [2.45, 2.75) is 25.8 Å². The van der Waals surface area contributed by atoms with E-state index >= 15 is 0 Å². The van der Waals surface area contributed by atoms with Crippen LogP contribution in [0.2, 0.25) is 0 Å². The lowest BCUT2D eigenvalue weighted by Crippen LogP contribution is -2.54. The summed E-state index contributed by atoms with van der Waals surface area (Å²) in [5, 5.41) is 2.67. The SMILES string of the molecule is CCOc1ccc(C(=O)N2CCN(C(=O)C3CCC(=O)N3)CC2)cc1F. The highest BCUT2D eigenvalue weighted by molar-refractivity contribution is 5.95. The molecule has 1 unspecified atom stereocenters. The number of carbonyl (C=O) groups is 3. The lowest BCUT2D eigenvalue weighted by atomic mass is 10.1. The number of rotatable bonds is 4. The van der Waals surface area contributed by atoms with Gasteiger partial charge in [0.05, 0.1) is 6.61 Å². The van der Waals surface area contributed by atoms with Gasteiger partial charge in [0.25, 0.3) is 5.91 Å². The van der Waals surface area contributed by atoms with Crippen LogP contribution >= 0.6 is 0 Å². The summed E-state index contributed by atoms with van der Waals surface area (Å²) in [6.07, 6.45) is 0.889. The molecular weight excluding hydrogens is 341 g/mol. The molecule has 26 heavy (non-hydrogen) atoms. The zero-order chi connectivity index (χ0) is 18.7. The Morgan fingerprint density at radius 2 is 1.92 bits per heavy atom. The number of carbonyl (C=O) groups excluding carboxylic acids is 3. The Morgan fingerprint density at radius 1 is 1.23 bits per heavy atom. The van der Waals surface area contributed by atoms with Crippen LogP contribution in [0.3, 0.4) is 0 Å². The number of benzene rings is 1. The third-order valence-corrected chi connectivity index (χ3v) is 4.65. The fourth-order valence-corrected chi connectivity index (χ4v) is 3.24. The summed E-state index contributed by atoms with van der Waals surface area (Å²) in [6, 6.07) is 3.72. The van der Waals surface area contributed by atoms with Gasteiger partial charge in [0.2, 0.25) is 11.8 Å². The van der Waals surface area contributed by atoms with Gasteiger partial charge in [-0.15, -0.1) is 0 Å². The molecule has 0 bridgehead atoms. The maximum absolute atomic E-state index is 14.0. The number of halogens is 1. The van der Waals surface area contributed by atoms with Crippen LogP contribution < -0.4 is 10.1 Å². The minimum atomic E-state index is -0.566. The molecule has 0 spiro atoms. The van der Waals surface area contributed by atoms with E-state index in [9.17, 15) is 18.8 Å². The van der Waals surface area contributed by atoms with Gasteiger partial charge in [0, 0.05) is 38.2 Å². The van der Waals surface area contributed by atoms with Crippen molar-refractivity contribution in [3.8, 4) is 5.75 Å². The maximum Gasteiger partial charge on any atom is 0.254 e. The summed E-state index contributed by atoms with van der Waals surface area (Å²) in [5.41, 5.74) is 0.258. The van der Waals surface area contributed by atoms with Crippen molar-refractivity contribution < 1.29 is 23.5 Å². The predicted octanol–water partition coefficient (Wildman–Crippen LogP) is 0.787. The van der Waals surface area contributed by atoms with Crippen LogP contribution in [0.25, 0.3) is 0 Å². The van der Waals surface area contributed by atoms with Crippen LogP contribution in [-0.2, 0) is 9.59 Å². The molecule has 2 aliphatic rings. The van der Waals surface area contributed by atoms with Crippen molar-refractivity contribution in [1.29, 1.82) is 0 Å². The number of hydrogen-bond acceptors (Lipinski definition) is 4. The van der Waals surface area contributed by atoms with Crippen molar-refractivity contribution in [3.05, 3.63) is 29.6 Å². The number of piperazine rings is 1. The molecule has 2 fully saturated rings. The quantitative estimate of drug-likeness (QED) is 0.858. The Bertz CT molecular complexity index is 716. The zero-order valence-electron chi connectivity index (χ0n) is 14.7. The molecule has 1 N–H and O–H groups in total. The summed E-state index contributed by atoms with van der Waals surface area (Å²) in [7, 11) is 0. The van der Waals surface area contributed by atoms with E-state index in [2.05, 4.69) is 5.32 Å². The second kappa shape index (κ2) is 7.72. The summed E-state index contributed by atoms with van der Waals surface area (Å²) in [5.74, 6) is -0.917. The van der Waals surface area contributed by atoms with E-state index in [1.807, 2.05) is 0 Å². The van der Waals surface area contributed by atoms with Crippen LogP contribution in [0.5, 0.6) is 5.75 Å². The van der Waals surface area contributed by atoms with Crippen molar-refractivity contribution in [3.63, 3.8) is 0 Å². The van der Waals surface area contributed by atoms with Crippen molar-refractivity contribution >= 4 is 17.7 Å². The maximum atomic E-state index is 14.0. The van der Waals surface area contributed by atoms with Gasteiger partial charge >= 0.3 is 0 Å². The van der Waals surface area contributed by atoms with Gasteiger partial charge in [0.15, 0.2) is 11.6 Å². The van der Waals surface area contributed by atoms with Gasteiger partial charge in [-0.25, -0.2) is 4.39 Å². The minimum absolute atomic E-state index is 0.102. The Kier molecular flexibility index (Phi) is 5.39. The van der Waals surface area contributed by atoms with Crippen LogP contribution in [0.15, 0.2) is 18.2 Å². The zero-order valence-corrected chi connectivity index (χ0v) is 14.7. The summed E-state index contributed by atoms with van der Waals surface area (Å²) in [4.78, 5) is 39.5. The lowest BCUT2D eigenvalue weighted by molar-refractivity contribution is -0.135. The molecule has 1 atom stereocenters. The molecule has 1 aromatic rings. The van der Waals surface area contributed by atoms with Gasteiger partial charge in [-0.3, -0.25) is 14.4 Å². The van der Waals surface area contributed by atoms with E-state index in [0.717, 1.165) is 0 Å². The second-order valence-electron chi connectivity index (χ2n) is 6.35. The molecule has 0 radical (unpaired) electrons. The van der Waals surface area contributed by atoms with Crippen molar-refractivity contribution in [2.24, 2.45) is 0 Å².